The van der Waals surface area contributed by atoms with E-state index in [0.717, 1.165) is 0 Å². The van der Waals surface area contributed by atoms with Gasteiger partial charge in [-0.25, -0.2) is 9.67 Å². The molecule has 13 heteroatoms. The molecule has 1 fully saturated rings. The fraction of sp³-hybridized carbons (Fsp3) is 0.524. The highest BCUT2D eigenvalue weighted by atomic mass is 16.6. The van der Waals surface area contributed by atoms with Crippen LogP contribution in [0.1, 0.15) is 39.1 Å². The minimum Gasteiger partial charge on any atom is -0.464 e. The number of hydrogen-bond donors (Lipinski definition) is 3. The number of esters is 2. The molecule has 3 N–H and O–H groups in total. The minimum absolute atomic E-state index is 0.0421. The summed E-state index contributed by atoms with van der Waals surface area (Å²) in [5.41, 5.74) is -0.368. The number of aliphatic hydroxyl groups excluding tert-OH is 2. The van der Waals surface area contributed by atoms with E-state index in [0.29, 0.717) is 0 Å². The number of ether oxygens (including phenoxy) is 3. The third-order valence-electron chi connectivity index (χ3n) is 4.83. The lowest BCUT2D eigenvalue weighted by Crippen LogP contribution is -2.24. The number of aliphatic hydroxyl groups is 2. The molecule has 1 aliphatic heterocycles. The number of aromatic amines is 1. The van der Waals surface area contributed by atoms with Crippen LogP contribution in [0.5, 0.6) is 0 Å². The van der Waals surface area contributed by atoms with Gasteiger partial charge in [0.2, 0.25) is 5.95 Å². The maximum Gasteiger partial charge on any atom is 0.302 e. The summed E-state index contributed by atoms with van der Waals surface area (Å²) in [6, 6.07) is 0. The van der Waals surface area contributed by atoms with E-state index in [1.54, 1.807) is 6.92 Å². The Kier molecular flexibility index (Phi) is 8.11. The Hall–Kier alpha value is -3.60. The summed E-state index contributed by atoms with van der Waals surface area (Å²) in [5.74, 6) is 3.92. The molecule has 0 bridgehead atoms. The summed E-state index contributed by atoms with van der Waals surface area (Å²) in [6.45, 7) is 3.48. The molecule has 2 aromatic rings. The molecule has 0 spiro atoms. The van der Waals surface area contributed by atoms with Gasteiger partial charge in [-0.1, -0.05) is 5.92 Å². The minimum atomic E-state index is -0.934. The Morgan fingerprint density at radius 2 is 2.03 bits per heavy atom. The second-order valence-electron chi connectivity index (χ2n) is 7.45. The first kappa shape index (κ1) is 25.0. The second-order valence-corrected chi connectivity index (χ2v) is 7.45. The van der Waals surface area contributed by atoms with Crippen LogP contribution in [-0.2, 0) is 23.8 Å². The normalized spacial score (nSPS) is 20.0. The van der Waals surface area contributed by atoms with E-state index in [4.69, 9.17) is 14.2 Å². The van der Waals surface area contributed by atoms with Crippen molar-refractivity contribution >= 4 is 35.1 Å². The molecule has 13 nitrogen and oxygen atoms in total. The zero-order valence-corrected chi connectivity index (χ0v) is 18.8. The highest BCUT2D eigenvalue weighted by Gasteiger charge is 2.36. The molecule has 1 saturated heterocycles. The molecule has 1 aliphatic rings. The van der Waals surface area contributed by atoms with E-state index >= 15 is 0 Å². The van der Waals surface area contributed by atoms with Gasteiger partial charge < -0.3 is 24.4 Å². The van der Waals surface area contributed by atoms with Crippen LogP contribution in [-0.4, -0.2) is 80.1 Å². The number of H-pyrrole nitrogens is 1. The molecule has 2 aromatic heterocycles. The van der Waals surface area contributed by atoms with E-state index in [1.165, 1.54) is 24.7 Å². The van der Waals surface area contributed by atoms with Crippen molar-refractivity contribution in [3.8, 4) is 11.8 Å². The maximum atomic E-state index is 12.8. The van der Waals surface area contributed by atoms with Crippen molar-refractivity contribution in [1.29, 1.82) is 0 Å². The van der Waals surface area contributed by atoms with Crippen molar-refractivity contribution in [2.75, 3.05) is 19.8 Å². The van der Waals surface area contributed by atoms with Gasteiger partial charge in [-0.15, -0.1) is 0 Å². The van der Waals surface area contributed by atoms with Gasteiger partial charge in [0.05, 0.1) is 18.6 Å². The number of carbonyl (C=O) groups is 2. The van der Waals surface area contributed by atoms with Crippen LogP contribution in [0, 0.1) is 17.8 Å². The first-order valence-corrected chi connectivity index (χ1v) is 10.5. The van der Waals surface area contributed by atoms with Gasteiger partial charge in [0.25, 0.3) is 5.56 Å². The van der Waals surface area contributed by atoms with Gasteiger partial charge in [-0.3, -0.25) is 19.4 Å². The summed E-state index contributed by atoms with van der Waals surface area (Å²) in [6.07, 6.45) is -0.993. The predicted molar refractivity (Wildman–Crippen MR) is 117 cm³/mol. The van der Waals surface area contributed by atoms with Crippen LogP contribution in [0.25, 0.3) is 11.0 Å². The lowest BCUT2D eigenvalue weighted by atomic mass is 10.1. The number of hydrogen-bond acceptors (Lipinski definition) is 11. The van der Waals surface area contributed by atoms with E-state index in [1.807, 2.05) is 0 Å². The summed E-state index contributed by atoms with van der Waals surface area (Å²) in [7, 11) is 0. The van der Waals surface area contributed by atoms with Crippen LogP contribution in [0.2, 0.25) is 0 Å². The molecule has 0 aromatic carbocycles. The predicted octanol–water partition coefficient (Wildman–Crippen LogP) is -0.424. The van der Waals surface area contributed by atoms with Crippen LogP contribution in [0.3, 0.4) is 0 Å². The molecule has 0 radical (unpaired) electrons. The number of nitrogens with zero attached hydrogens (tertiary/aromatic N) is 4. The van der Waals surface area contributed by atoms with Gasteiger partial charge in [0, 0.05) is 26.5 Å². The molecule has 0 saturated carbocycles. The van der Waals surface area contributed by atoms with Gasteiger partial charge in [-0.05, 0) is 12.8 Å². The molecule has 3 heterocycles. The maximum absolute atomic E-state index is 12.8. The van der Waals surface area contributed by atoms with Crippen molar-refractivity contribution in [3.05, 3.63) is 16.0 Å². The summed E-state index contributed by atoms with van der Waals surface area (Å²) >= 11 is 0. The fourth-order valence-electron chi connectivity index (χ4n) is 3.27. The third-order valence-corrected chi connectivity index (χ3v) is 4.83. The quantitative estimate of drug-likeness (QED) is 0.270. The largest absolute Gasteiger partial charge is 0.464 e. The molecule has 0 aliphatic carbocycles. The number of rotatable bonds is 7. The Bertz CT molecular complexity index is 1190. The van der Waals surface area contributed by atoms with E-state index in [2.05, 4.69) is 31.9 Å². The molecule has 3 atom stereocenters. The van der Waals surface area contributed by atoms with Crippen LogP contribution in [0.15, 0.2) is 9.79 Å². The topological polar surface area (TPSA) is 178 Å². The Balaban J connectivity index is 2.06. The van der Waals surface area contributed by atoms with Crippen LogP contribution < -0.4 is 5.56 Å². The van der Waals surface area contributed by atoms with Gasteiger partial charge in [0.15, 0.2) is 17.6 Å². The van der Waals surface area contributed by atoms with E-state index < -0.39 is 48.5 Å². The van der Waals surface area contributed by atoms with E-state index in [-0.39, 0.29) is 42.3 Å². The van der Waals surface area contributed by atoms with Crippen LogP contribution >= 0.6 is 0 Å². The average Bonchev–Trinajstić information content (AvgIpc) is 3.33. The van der Waals surface area contributed by atoms with Gasteiger partial charge in [0.1, 0.15) is 24.7 Å². The number of aromatic nitrogens is 4. The Morgan fingerprint density at radius 3 is 2.59 bits per heavy atom. The Morgan fingerprint density at radius 1 is 1.35 bits per heavy atom. The summed E-state index contributed by atoms with van der Waals surface area (Å²) in [4.78, 5) is 46.1. The zero-order valence-electron chi connectivity index (χ0n) is 18.8. The van der Waals surface area contributed by atoms with Crippen molar-refractivity contribution in [3.63, 3.8) is 0 Å². The lowest BCUT2D eigenvalue weighted by molar-refractivity contribution is -0.144. The average molecular weight is 475 g/mol. The monoisotopic (exact) mass is 475 g/mol. The smallest absolute Gasteiger partial charge is 0.302 e. The zero-order chi connectivity index (χ0) is 24.8. The second kappa shape index (κ2) is 11.0. The third kappa shape index (κ3) is 5.84. The molecule has 182 valence electrons. The molecular formula is C21H25N5O8. The SMILES string of the molecule is C/C=N/c1nc2c(c(C#CC(COC(C)=O)COC(C)=O)nn2[C@H]2C[C@@H](O)[C@@H](CO)O2)c(=O)[nH]1. The highest BCUT2D eigenvalue weighted by Crippen LogP contribution is 2.31. The fourth-order valence-corrected chi connectivity index (χ4v) is 3.27. The molecule has 0 unspecified atom stereocenters. The van der Waals surface area contributed by atoms with Crippen molar-refractivity contribution < 1.29 is 34.0 Å². The molecule has 3 rings (SSSR count). The first-order valence-electron chi connectivity index (χ1n) is 10.5. The van der Waals surface area contributed by atoms with Gasteiger partial charge in [-0.2, -0.15) is 10.1 Å². The summed E-state index contributed by atoms with van der Waals surface area (Å²) in [5, 5.41) is 24.0. The standard InChI is InChI=1S/C21H25N5O8/c1-4-22-21-23-19-18(20(31)24-21)14(25-26(19)17-7-15(30)16(8-27)34-17)6-5-13(9-32-11(2)28)10-33-12(3)29/h4,13,15-17,27,30H,7-10H2,1-3H3,(H,23,24,31)/b22-4+/t15-,16-,17-/m1/s1. The van der Waals surface area contributed by atoms with E-state index in [9.17, 15) is 24.6 Å². The van der Waals surface area contributed by atoms with Gasteiger partial charge >= 0.3 is 11.9 Å². The summed E-state index contributed by atoms with van der Waals surface area (Å²) < 4.78 is 16.9. The van der Waals surface area contributed by atoms with Crippen LogP contribution in [0.4, 0.5) is 5.95 Å². The number of nitrogens with one attached hydrogen (secondary N) is 1. The number of aliphatic imine (C=N–C) groups is 1. The molecule has 34 heavy (non-hydrogen) atoms. The lowest BCUT2D eigenvalue weighted by Gasteiger charge is -2.12. The number of fused-ring (bicyclic) bond motifs is 1. The molecule has 0 amide bonds. The van der Waals surface area contributed by atoms with Crippen molar-refractivity contribution in [2.24, 2.45) is 10.9 Å². The van der Waals surface area contributed by atoms with Crippen molar-refractivity contribution in [1.82, 2.24) is 19.7 Å². The molecular weight excluding hydrogens is 450 g/mol. The highest BCUT2D eigenvalue weighted by molar-refractivity contribution is 5.81. The Labute approximate surface area is 193 Å². The number of carbonyl (C=O) groups excluding carboxylic acids is 2. The first-order chi connectivity index (χ1) is 16.2. The van der Waals surface area contributed by atoms with Crippen molar-refractivity contribution in [2.45, 2.75) is 45.6 Å².